The summed E-state index contributed by atoms with van der Waals surface area (Å²) in [5.74, 6) is 2.22. The second-order valence-electron chi connectivity index (χ2n) is 6.42. The monoisotopic (exact) mass is 247 g/mol. The molecule has 0 spiro atoms. The van der Waals surface area contributed by atoms with Crippen molar-refractivity contribution in [3.63, 3.8) is 0 Å². The van der Waals surface area contributed by atoms with E-state index >= 15 is 0 Å². The lowest BCUT2D eigenvalue weighted by molar-refractivity contribution is -0.0181. The van der Waals surface area contributed by atoms with Gasteiger partial charge in [-0.1, -0.05) is 13.3 Å². The molecule has 3 atom stereocenters. The van der Waals surface area contributed by atoms with Gasteiger partial charge in [-0.2, -0.15) is 0 Å². The van der Waals surface area contributed by atoms with E-state index in [0.29, 0.717) is 23.6 Å². The van der Waals surface area contributed by atoms with Crippen LogP contribution in [0, 0.1) is 11.8 Å². The van der Waals surface area contributed by atoms with Gasteiger partial charge in [0.15, 0.2) is 11.3 Å². The van der Waals surface area contributed by atoms with Gasteiger partial charge in [0.05, 0.1) is 5.56 Å². The number of rotatable bonds is 0. The van der Waals surface area contributed by atoms with Crippen molar-refractivity contribution in [1.82, 2.24) is 4.98 Å². The number of aromatic amines is 1. The summed E-state index contributed by atoms with van der Waals surface area (Å²) in [6, 6.07) is 1.62. The molecule has 3 nitrogen and oxygen atoms in total. The zero-order valence-electron chi connectivity index (χ0n) is 11.3. The summed E-state index contributed by atoms with van der Waals surface area (Å²) in [5.41, 5.74) is 0.832. The van der Waals surface area contributed by atoms with Crippen LogP contribution < -0.4 is 10.2 Å². The third-order valence-corrected chi connectivity index (χ3v) is 4.70. The highest BCUT2D eigenvalue weighted by atomic mass is 16.5. The molecule has 1 saturated carbocycles. The highest BCUT2D eigenvalue weighted by molar-refractivity contribution is 5.34. The summed E-state index contributed by atoms with van der Waals surface area (Å²) in [6.07, 6.45) is 5.20. The normalized spacial score (nSPS) is 33.2. The average Bonchev–Trinajstić information content (AvgIpc) is 2.27. The molecule has 98 valence electrons. The van der Waals surface area contributed by atoms with E-state index in [1.54, 1.807) is 12.3 Å². The van der Waals surface area contributed by atoms with Crippen LogP contribution in [0.3, 0.4) is 0 Å². The molecule has 0 radical (unpaired) electrons. The zero-order valence-corrected chi connectivity index (χ0v) is 11.3. The molecule has 18 heavy (non-hydrogen) atoms. The number of fused-ring (bicyclic) bond motifs is 3. The van der Waals surface area contributed by atoms with E-state index in [4.69, 9.17) is 4.74 Å². The Morgan fingerprint density at radius 2 is 2.17 bits per heavy atom. The molecule has 1 aromatic heterocycles. The number of hydrogen-bond acceptors (Lipinski definition) is 2. The van der Waals surface area contributed by atoms with Gasteiger partial charge >= 0.3 is 0 Å². The van der Waals surface area contributed by atoms with Gasteiger partial charge in [0.2, 0.25) is 0 Å². The third kappa shape index (κ3) is 1.68. The van der Waals surface area contributed by atoms with Crippen LogP contribution in [0.1, 0.15) is 51.5 Å². The van der Waals surface area contributed by atoms with Crippen molar-refractivity contribution >= 4 is 0 Å². The zero-order chi connectivity index (χ0) is 12.9. The minimum Gasteiger partial charge on any atom is -0.472 e. The van der Waals surface area contributed by atoms with Gasteiger partial charge < -0.3 is 9.72 Å². The van der Waals surface area contributed by atoms with Crippen molar-refractivity contribution in [2.45, 2.75) is 51.6 Å². The fourth-order valence-electron chi connectivity index (χ4n) is 3.78. The van der Waals surface area contributed by atoms with Crippen molar-refractivity contribution in [3.05, 3.63) is 28.0 Å². The summed E-state index contributed by atoms with van der Waals surface area (Å²) >= 11 is 0. The quantitative estimate of drug-likeness (QED) is 0.765. The standard InChI is InChI=1S/C15H21NO2/c1-9-4-5-11-10(8-9)13-12(17)6-7-16-14(13)18-15(11,2)3/h6-7,9-11H,4-5,8H2,1-3H3,(H,16,17). The molecule has 0 amide bonds. The lowest BCUT2D eigenvalue weighted by Crippen LogP contribution is -2.48. The van der Waals surface area contributed by atoms with Crippen molar-refractivity contribution in [3.8, 4) is 5.88 Å². The van der Waals surface area contributed by atoms with Crippen LogP contribution in [0.15, 0.2) is 17.1 Å². The first-order chi connectivity index (χ1) is 8.49. The molecule has 1 aromatic rings. The molecule has 1 aliphatic heterocycles. The molecule has 0 saturated heterocycles. The lowest BCUT2D eigenvalue weighted by Gasteiger charge is -2.47. The Labute approximate surface area is 108 Å². The Morgan fingerprint density at radius 3 is 2.94 bits per heavy atom. The van der Waals surface area contributed by atoms with Crippen LogP contribution in [0.5, 0.6) is 5.88 Å². The second kappa shape index (κ2) is 3.87. The first-order valence-electron chi connectivity index (χ1n) is 6.89. The number of H-pyrrole nitrogens is 1. The molecule has 2 aliphatic rings. The van der Waals surface area contributed by atoms with Gasteiger partial charge in [0.1, 0.15) is 5.60 Å². The van der Waals surface area contributed by atoms with E-state index < -0.39 is 0 Å². The van der Waals surface area contributed by atoms with Crippen molar-refractivity contribution in [2.75, 3.05) is 0 Å². The summed E-state index contributed by atoms with van der Waals surface area (Å²) in [7, 11) is 0. The molecule has 0 bridgehead atoms. The molecule has 1 fully saturated rings. The summed E-state index contributed by atoms with van der Waals surface area (Å²) in [4.78, 5) is 15.2. The number of nitrogens with one attached hydrogen (secondary N) is 1. The van der Waals surface area contributed by atoms with Crippen LogP contribution in [-0.4, -0.2) is 10.6 Å². The van der Waals surface area contributed by atoms with Gasteiger partial charge in [0, 0.05) is 18.2 Å². The minimum atomic E-state index is -0.178. The Morgan fingerprint density at radius 1 is 1.39 bits per heavy atom. The SMILES string of the molecule is CC1CCC2C(C1)c1c([nH]ccc1=O)OC2(C)C. The van der Waals surface area contributed by atoms with Crippen LogP contribution in [0.25, 0.3) is 0 Å². The number of pyridine rings is 1. The van der Waals surface area contributed by atoms with Crippen LogP contribution in [-0.2, 0) is 0 Å². The van der Waals surface area contributed by atoms with E-state index in [1.165, 1.54) is 6.42 Å². The minimum absolute atomic E-state index is 0.128. The smallest absolute Gasteiger partial charge is 0.198 e. The maximum atomic E-state index is 12.1. The van der Waals surface area contributed by atoms with Crippen LogP contribution in [0.4, 0.5) is 0 Å². The molecule has 3 rings (SSSR count). The third-order valence-electron chi connectivity index (χ3n) is 4.70. The summed E-state index contributed by atoms with van der Waals surface area (Å²) < 4.78 is 6.05. The van der Waals surface area contributed by atoms with E-state index in [-0.39, 0.29) is 11.0 Å². The van der Waals surface area contributed by atoms with Crippen LogP contribution in [0.2, 0.25) is 0 Å². The number of ether oxygens (including phenoxy) is 1. The van der Waals surface area contributed by atoms with Gasteiger partial charge in [-0.15, -0.1) is 0 Å². The fraction of sp³-hybridized carbons (Fsp3) is 0.667. The molecule has 3 heteroatoms. The highest BCUT2D eigenvalue weighted by Gasteiger charge is 2.47. The van der Waals surface area contributed by atoms with Crippen molar-refractivity contribution < 1.29 is 4.74 Å². The first-order valence-corrected chi connectivity index (χ1v) is 6.89. The number of hydrogen-bond donors (Lipinski definition) is 1. The van der Waals surface area contributed by atoms with E-state index in [2.05, 4.69) is 25.8 Å². The van der Waals surface area contributed by atoms with Gasteiger partial charge in [-0.05, 0) is 38.5 Å². The maximum absolute atomic E-state index is 12.1. The van der Waals surface area contributed by atoms with Gasteiger partial charge in [-0.3, -0.25) is 4.79 Å². The molecular weight excluding hydrogens is 226 g/mol. The predicted molar refractivity (Wildman–Crippen MR) is 71.0 cm³/mol. The Balaban J connectivity index is 2.13. The average molecular weight is 247 g/mol. The van der Waals surface area contributed by atoms with Gasteiger partial charge in [-0.25, -0.2) is 0 Å². The lowest BCUT2D eigenvalue weighted by atomic mass is 9.65. The first kappa shape index (κ1) is 11.8. The molecule has 1 aliphatic carbocycles. The van der Waals surface area contributed by atoms with Gasteiger partial charge in [0.25, 0.3) is 0 Å². The maximum Gasteiger partial charge on any atom is 0.198 e. The fourth-order valence-corrected chi connectivity index (χ4v) is 3.78. The Bertz CT molecular complexity index is 517. The predicted octanol–water partition coefficient (Wildman–Crippen LogP) is 3.07. The number of aromatic nitrogens is 1. The van der Waals surface area contributed by atoms with E-state index in [0.717, 1.165) is 18.4 Å². The highest BCUT2D eigenvalue weighted by Crippen LogP contribution is 2.50. The van der Waals surface area contributed by atoms with Crippen LogP contribution >= 0.6 is 0 Å². The Hall–Kier alpha value is -1.25. The van der Waals surface area contributed by atoms with E-state index in [9.17, 15) is 4.79 Å². The topological polar surface area (TPSA) is 42.1 Å². The molecular formula is C15H21NO2. The van der Waals surface area contributed by atoms with Crippen molar-refractivity contribution in [1.29, 1.82) is 0 Å². The molecule has 3 unspecified atom stereocenters. The van der Waals surface area contributed by atoms with Crippen molar-refractivity contribution in [2.24, 2.45) is 11.8 Å². The molecule has 1 N–H and O–H groups in total. The second-order valence-corrected chi connectivity index (χ2v) is 6.42. The largest absolute Gasteiger partial charge is 0.472 e. The summed E-state index contributed by atoms with van der Waals surface area (Å²) in [5, 5.41) is 0. The summed E-state index contributed by atoms with van der Waals surface area (Å²) in [6.45, 7) is 6.58. The molecule has 0 aromatic carbocycles. The van der Waals surface area contributed by atoms with E-state index in [1.807, 2.05) is 0 Å². The Kier molecular flexibility index (Phi) is 2.54. The molecule has 2 heterocycles.